The van der Waals surface area contributed by atoms with Crippen LogP contribution < -0.4 is 5.32 Å². The number of rotatable bonds is 8. The standard InChI is InChI=1S/C9H16N4O4/c1-17-5-3-10-6-8(14)7-12-4-2-9(11-12)13(15)16/h2,4,8,10,14H,3,5-7H2,1H3. The summed E-state index contributed by atoms with van der Waals surface area (Å²) in [5, 5.41) is 26.7. The van der Waals surface area contributed by atoms with Gasteiger partial charge in [-0.3, -0.25) is 0 Å². The molecule has 1 atom stereocenters. The van der Waals surface area contributed by atoms with E-state index in [1.54, 1.807) is 7.11 Å². The van der Waals surface area contributed by atoms with Crippen LogP contribution in [0.1, 0.15) is 0 Å². The number of hydrogen-bond acceptors (Lipinski definition) is 6. The predicted molar refractivity (Wildman–Crippen MR) is 59.6 cm³/mol. The molecule has 0 spiro atoms. The molecule has 1 heterocycles. The molecule has 1 aromatic heterocycles. The van der Waals surface area contributed by atoms with Crippen LogP contribution in [0.25, 0.3) is 0 Å². The maximum atomic E-state index is 10.4. The predicted octanol–water partition coefficient (Wildman–Crippen LogP) is -0.612. The molecule has 0 radical (unpaired) electrons. The highest BCUT2D eigenvalue weighted by Gasteiger charge is 2.13. The molecule has 96 valence electrons. The summed E-state index contributed by atoms with van der Waals surface area (Å²) in [6.45, 7) is 1.82. The van der Waals surface area contributed by atoms with E-state index in [1.165, 1.54) is 16.9 Å². The lowest BCUT2D eigenvalue weighted by atomic mass is 10.3. The lowest BCUT2D eigenvalue weighted by Gasteiger charge is -2.09. The van der Waals surface area contributed by atoms with E-state index >= 15 is 0 Å². The zero-order chi connectivity index (χ0) is 12.7. The van der Waals surface area contributed by atoms with Crippen molar-refractivity contribution in [2.24, 2.45) is 0 Å². The fourth-order valence-electron chi connectivity index (χ4n) is 1.27. The molecule has 1 rings (SSSR count). The van der Waals surface area contributed by atoms with Crippen molar-refractivity contribution in [1.29, 1.82) is 0 Å². The summed E-state index contributed by atoms with van der Waals surface area (Å²) in [6.07, 6.45) is 0.822. The summed E-state index contributed by atoms with van der Waals surface area (Å²) in [7, 11) is 1.60. The van der Waals surface area contributed by atoms with Crippen molar-refractivity contribution in [3.8, 4) is 0 Å². The molecule has 17 heavy (non-hydrogen) atoms. The number of aromatic nitrogens is 2. The van der Waals surface area contributed by atoms with E-state index in [2.05, 4.69) is 10.4 Å². The van der Waals surface area contributed by atoms with Crippen LogP contribution in [0.5, 0.6) is 0 Å². The van der Waals surface area contributed by atoms with Crippen molar-refractivity contribution in [3.05, 3.63) is 22.4 Å². The van der Waals surface area contributed by atoms with Gasteiger partial charge in [0.2, 0.25) is 0 Å². The average Bonchev–Trinajstić information content (AvgIpc) is 2.73. The van der Waals surface area contributed by atoms with Gasteiger partial charge in [-0.25, -0.2) is 0 Å². The fraction of sp³-hybridized carbons (Fsp3) is 0.667. The Morgan fingerprint density at radius 1 is 1.76 bits per heavy atom. The zero-order valence-electron chi connectivity index (χ0n) is 9.57. The molecule has 0 saturated carbocycles. The highest BCUT2D eigenvalue weighted by Crippen LogP contribution is 2.05. The van der Waals surface area contributed by atoms with Crippen molar-refractivity contribution >= 4 is 5.82 Å². The zero-order valence-corrected chi connectivity index (χ0v) is 9.57. The first-order chi connectivity index (χ1) is 8.13. The Balaban J connectivity index is 2.29. The van der Waals surface area contributed by atoms with Gasteiger partial charge in [-0.15, -0.1) is 0 Å². The molecule has 0 amide bonds. The van der Waals surface area contributed by atoms with Crippen molar-refractivity contribution in [2.75, 3.05) is 26.8 Å². The third-order valence-corrected chi connectivity index (χ3v) is 2.07. The molecular formula is C9H16N4O4. The van der Waals surface area contributed by atoms with Gasteiger partial charge in [0.15, 0.2) is 0 Å². The van der Waals surface area contributed by atoms with Gasteiger partial charge in [-0.2, -0.15) is 4.68 Å². The van der Waals surface area contributed by atoms with Crippen LogP contribution in [0.15, 0.2) is 12.3 Å². The number of nitrogens with zero attached hydrogens (tertiary/aromatic N) is 3. The SMILES string of the molecule is COCCNCC(O)Cn1ccc([N+](=O)[O-])n1. The number of hydrogen-bond donors (Lipinski definition) is 2. The van der Waals surface area contributed by atoms with Gasteiger partial charge in [0, 0.05) is 20.2 Å². The van der Waals surface area contributed by atoms with Crippen molar-refractivity contribution in [3.63, 3.8) is 0 Å². The number of nitro groups is 1. The van der Waals surface area contributed by atoms with Crippen molar-refractivity contribution in [2.45, 2.75) is 12.6 Å². The fourth-order valence-corrected chi connectivity index (χ4v) is 1.27. The van der Waals surface area contributed by atoms with Crippen LogP contribution in [0.2, 0.25) is 0 Å². The molecule has 8 nitrogen and oxygen atoms in total. The Labute approximate surface area is 98.3 Å². The van der Waals surface area contributed by atoms with E-state index in [1.807, 2.05) is 0 Å². The first-order valence-corrected chi connectivity index (χ1v) is 5.19. The van der Waals surface area contributed by atoms with Gasteiger partial charge in [0.1, 0.15) is 0 Å². The molecule has 0 aliphatic rings. The molecule has 1 aromatic rings. The van der Waals surface area contributed by atoms with Crippen LogP contribution >= 0.6 is 0 Å². The molecule has 0 aromatic carbocycles. The first kappa shape index (κ1) is 13.6. The van der Waals surface area contributed by atoms with E-state index in [0.717, 1.165) is 0 Å². The lowest BCUT2D eigenvalue weighted by molar-refractivity contribution is -0.389. The van der Waals surface area contributed by atoms with Gasteiger partial charge >= 0.3 is 5.82 Å². The van der Waals surface area contributed by atoms with Gasteiger partial charge in [-0.1, -0.05) is 0 Å². The van der Waals surface area contributed by atoms with E-state index in [4.69, 9.17) is 4.74 Å². The third kappa shape index (κ3) is 4.89. The molecule has 0 aliphatic heterocycles. The summed E-state index contributed by atoms with van der Waals surface area (Å²) < 4.78 is 6.18. The second kappa shape index (κ2) is 6.94. The van der Waals surface area contributed by atoms with Gasteiger partial charge in [0.05, 0.1) is 36.6 Å². The molecule has 0 fully saturated rings. The highest BCUT2D eigenvalue weighted by atomic mass is 16.6. The molecule has 0 aliphatic carbocycles. The smallest absolute Gasteiger partial charge is 0.389 e. The summed E-state index contributed by atoms with van der Waals surface area (Å²) in [4.78, 5) is 9.82. The van der Waals surface area contributed by atoms with Crippen LogP contribution in [0.4, 0.5) is 5.82 Å². The number of aliphatic hydroxyl groups excluding tert-OH is 1. The topological polar surface area (TPSA) is 102 Å². The lowest BCUT2D eigenvalue weighted by Crippen LogP contribution is -2.32. The highest BCUT2D eigenvalue weighted by molar-refractivity contribution is 5.13. The largest absolute Gasteiger partial charge is 0.390 e. The Morgan fingerprint density at radius 2 is 2.53 bits per heavy atom. The quantitative estimate of drug-likeness (QED) is 0.359. The van der Waals surface area contributed by atoms with E-state index < -0.39 is 11.0 Å². The van der Waals surface area contributed by atoms with Crippen LogP contribution in [-0.4, -0.2) is 52.7 Å². The minimum absolute atomic E-state index is 0.216. The Kier molecular flexibility index (Phi) is 5.53. The van der Waals surface area contributed by atoms with E-state index in [0.29, 0.717) is 19.7 Å². The van der Waals surface area contributed by atoms with Crippen molar-refractivity contribution < 1.29 is 14.8 Å². The summed E-state index contributed by atoms with van der Waals surface area (Å²) >= 11 is 0. The second-order valence-corrected chi connectivity index (χ2v) is 3.50. The summed E-state index contributed by atoms with van der Waals surface area (Å²) in [5.41, 5.74) is 0. The average molecular weight is 244 g/mol. The Morgan fingerprint density at radius 3 is 3.12 bits per heavy atom. The van der Waals surface area contributed by atoms with Gasteiger partial charge in [0.25, 0.3) is 0 Å². The van der Waals surface area contributed by atoms with Gasteiger partial charge < -0.3 is 25.3 Å². The number of ether oxygens (including phenoxy) is 1. The first-order valence-electron chi connectivity index (χ1n) is 5.19. The number of nitrogens with one attached hydrogen (secondary N) is 1. The maximum absolute atomic E-state index is 10.4. The summed E-state index contributed by atoms with van der Waals surface area (Å²) in [5.74, 6) is -0.218. The second-order valence-electron chi connectivity index (χ2n) is 3.50. The minimum Gasteiger partial charge on any atom is -0.390 e. The van der Waals surface area contributed by atoms with Gasteiger partial charge in [-0.05, 0) is 4.92 Å². The third-order valence-electron chi connectivity index (χ3n) is 2.07. The van der Waals surface area contributed by atoms with Crippen LogP contribution in [-0.2, 0) is 11.3 Å². The molecular weight excluding hydrogens is 228 g/mol. The van der Waals surface area contributed by atoms with Crippen LogP contribution in [0.3, 0.4) is 0 Å². The monoisotopic (exact) mass is 244 g/mol. The number of methoxy groups -OCH3 is 1. The van der Waals surface area contributed by atoms with E-state index in [-0.39, 0.29) is 12.4 Å². The maximum Gasteiger partial charge on any atom is 0.389 e. The molecule has 1 unspecified atom stereocenters. The Bertz CT molecular complexity index is 355. The molecule has 0 bridgehead atoms. The normalized spacial score (nSPS) is 12.6. The minimum atomic E-state index is -0.647. The number of aliphatic hydroxyl groups is 1. The van der Waals surface area contributed by atoms with Crippen LogP contribution in [0, 0.1) is 10.1 Å². The molecule has 8 heteroatoms. The molecule has 2 N–H and O–H groups in total. The molecule has 0 saturated heterocycles. The van der Waals surface area contributed by atoms with Crippen molar-refractivity contribution in [1.82, 2.24) is 15.1 Å². The summed E-state index contributed by atoms with van der Waals surface area (Å²) in [6, 6.07) is 1.30. The Hall–Kier alpha value is -1.51. The van der Waals surface area contributed by atoms with E-state index in [9.17, 15) is 15.2 Å².